The van der Waals surface area contributed by atoms with E-state index in [0.717, 1.165) is 12.0 Å². The van der Waals surface area contributed by atoms with Crippen molar-refractivity contribution in [3.05, 3.63) is 35.9 Å². The van der Waals surface area contributed by atoms with Gasteiger partial charge < -0.3 is 4.74 Å². The summed E-state index contributed by atoms with van der Waals surface area (Å²) in [4.78, 5) is 11.7. The minimum Gasteiger partial charge on any atom is -0.365 e. The summed E-state index contributed by atoms with van der Waals surface area (Å²) in [5.41, 5.74) is 1.12. The third-order valence-corrected chi connectivity index (χ3v) is 3.28. The van der Waals surface area contributed by atoms with Gasteiger partial charge in [0.05, 0.1) is 6.61 Å². The minimum absolute atomic E-state index is 0.00807. The maximum atomic E-state index is 11.7. The van der Waals surface area contributed by atoms with Crippen LogP contribution in [0.2, 0.25) is 0 Å². The molecule has 16 heavy (non-hydrogen) atoms. The number of carbonyl (C=O) groups is 1. The second-order valence-corrected chi connectivity index (χ2v) is 5.13. The van der Waals surface area contributed by atoms with E-state index in [0.29, 0.717) is 13.0 Å². The van der Waals surface area contributed by atoms with E-state index in [4.69, 9.17) is 4.74 Å². The summed E-state index contributed by atoms with van der Waals surface area (Å²) in [5.74, 6) is 0.251. The molecule has 0 saturated heterocycles. The summed E-state index contributed by atoms with van der Waals surface area (Å²) in [6.07, 6.45) is 1.37. The fourth-order valence-electron chi connectivity index (χ4n) is 2.22. The zero-order chi connectivity index (χ0) is 11.6. The normalized spacial score (nSPS) is 23.6. The second kappa shape index (κ2) is 4.38. The lowest BCUT2D eigenvalue weighted by Gasteiger charge is -2.25. The van der Waals surface area contributed by atoms with Gasteiger partial charge in [0, 0.05) is 6.42 Å². The van der Waals surface area contributed by atoms with Crippen molar-refractivity contribution < 1.29 is 9.53 Å². The first kappa shape index (κ1) is 11.3. The van der Waals surface area contributed by atoms with Gasteiger partial charge in [-0.15, -0.1) is 0 Å². The molecule has 2 rings (SSSR count). The Balaban J connectivity index is 1.98. The van der Waals surface area contributed by atoms with Crippen molar-refractivity contribution in [2.24, 2.45) is 5.41 Å². The molecule has 0 radical (unpaired) electrons. The Morgan fingerprint density at radius 3 is 2.56 bits per heavy atom. The number of rotatable bonds is 3. The van der Waals surface area contributed by atoms with Gasteiger partial charge in [0.1, 0.15) is 6.10 Å². The van der Waals surface area contributed by atoms with Crippen LogP contribution in [0, 0.1) is 5.41 Å². The molecule has 2 heteroatoms. The molecule has 1 saturated carbocycles. The molecule has 1 aromatic carbocycles. The molecule has 0 aliphatic heterocycles. The Hall–Kier alpha value is -1.15. The lowest BCUT2D eigenvalue weighted by molar-refractivity contribution is -0.132. The van der Waals surface area contributed by atoms with Crippen molar-refractivity contribution in [2.45, 2.75) is 39.4 Å². The number of ether oxygens (including phenoxy) is 1. The highest BCUT2D eigenvalue weighted by Crippen LogP contribution is 2.37. The quantitative estimate of drug-likeness (QED) is 0.779. The molecule has 0 amide bonds. The molecular weight excluding hydrogens is 200 g/mol. The van der Waals surface area contributed by atoms with Crippen LogP contribution in [0.1, 0.15) is 32.3 Å². The predicted octanol–water partition coefficient (Wildman–Crippen LogP) is 2.96. The Labute approximate surface area is 96.6 Å². The van der Waals surface area contributed by atoms with Gasteiger partial charge in [-0.1, -0.05) is 44.2 Å². The highest BCUT2D eigenvalue weighted by atomic mass is 16.5. The fourth-order valence-corrected chi connectivity index (χ4v) is 2.22. The first-order chi connectivity index (χ1) is 7.59. The highest BCUT2D eigenvalue weighted by Gasteiger charge is 2.41. The van der Waals surface area contributed by atoms with Crippen molar-refractivity contribution in [3.8, 4) is 0 Å². The van der Waals surface area contributed by atoms with Crippen LogP contribution in [0.3, 0.4) is 0 Å². The number of Topliss-reactive ketones (excluding diaryl/α,β-unsaturated/α-hetero) is 1. The van der Waals surface area contributed by atoms with E-state index in [2.05, 4.69) is 13.8 Å². The molecule has 0 N–H and O–H groups in total. The number of ketones is 1. The third kappa shape index (κ3) is 2.33. The molecule has 1 aliphatic rings. The van der Waals surface area contributed by atoms with E-state index in [1.54, 1.807) is 0 Å². The maximum absolute atomic E-state index is 11.7. The van der Waals surface area contributed by atoms with Crippen LogP contribution < -0.4 is 0 Å². The number of benzene rings is 1. The minimum atomic E-state index is -0.229. The largest absolute Gasteiger partial charge is 0.365 e. The predicted molar refractivity (Wildman–Crippen MR) is 63.0 cm³/mol. The van der Waals surface area contributed by atoms with Gasteiger partial charge in [0.2, 0.25) is 0 Å². The van der Waals surface area contributed by atoms with E-state index < -0.39 is 0 Å². The molecule has 1 aliphatic carbocycles. The zero-order valence-electron chi connectivity index (χ0n) is 9.90. The number of hydrogen-bond acceptors (Lipinski definition) is 2. The van der Waals surface area contributed by atoms with Crippen molar-refractivity contribution >= 4 is 5.78 Å². The summed E-state index contributed by atoms with van der Waals surface area (Å²) in [6.45, 7) is 4.74. The van der Waals surface area contributed by atoms with Gasteiger partial charge in [0.15, 0.2) is 5.78 Å². The fraction of sp³-hybridized carbons (Fsp3) is 0.500. The lowest BCUT2D eigenvalue weighted by atomic mass is 9.89. The van der Waals surface area contributed by atoms with E-state index in [-0.39, 0.29) is 17.3 Å². The van der Waals surface area contributed by atoms with Gasteiger partial charge in [-0.3, -0.25) is 4.79 Å². The lowest BCUT2D eigenvalue weighted by Crippen LogP contribution is -2.31. The van der Waals surface area contributed by atoms with Gasteiger partial charge in [-0.25, -0.2) is 0 Å². The topological polar surface area (TPSA) is 26.3 Å². The van der Waals surface area contributed by atoms with Crippen molar-refractivity contribution in [1.29, 1.82) is 0 Å². The van der Waals surface area contributed by atoms with E-state index >= 15 is 0 Å². The van der Waals surface area contributed by atoms with Crippen molar-refractivity contribution in [3.63, 3.8) is 0 Å². The van der Waals surface area contributed by atoms with Crippen LogP contribution in [0.4, 0.5) is 0 Å². The van der Waals surface area contributed by atoms with Crippen molar-refractivity contribution in [1.82, 2.24) is 0 Å². The molecule has 2 nitrogen and oxygen atoms in total. The van der Waals surface area contributed by atoms with E-state index in [9.17, 15) is 4.79 Å². The van der Waals surface area contributed by atoms with Gasteiger partial charge in [0.25, 0.3) is 0 Å². The van der Waals surface area contributed by atoms with Crippen LogP contribution in [0.15, 0.2) is 30.3 Å². The van der Waals surface area contributed by atoms with Crippen LogP contribution >= 0.6 is 0 Å². The van der Waals surface area contributed by atoms with Crippen LogP contribution in [0.25, 0.3) is 0 Å². The summed E-state index contributed by atoms with van der Waals surface area (Å²) in [5, 5.41) is 0. The maximum Gasteiger partial charge on any atom is 0.162 e. The summed E-state index contributed by atoms with van der Waals surface area (Å²) in [6, 6.07) is 9.99. The zero-order valence-corrected chi connectivity index (χ0v) is 9.90. The molecule has 0 heterocycles. The Bertz CT molecular complexity index is 368. The van der Waals surface area contributed by atoms with Crippen molar-refractivity contribution in [2.75, 3.05) is 0 Å². The molecular formula is C14H18O2. The summed E-state index contributed by atoms with van der Waals surface area (Å²) >= 11 is 0. The molecule has 0 bridgehead atoms. The van der Waals surface area contributed by atoms with Gasteiger partial charge in [-0.05, 0) is 17.4 Å². The SMILES string of the molecule is CC1(C)CCC(=O)[C@H]1OCc1ccccc1. The van der Waals surface area contributed by atoms with Gasteiger partial charge >= 0.3 is 0 Å². The van der Waals surface area contributed by atoms with Gasteiger partial charge in [-0.2, -0.15) is 0 Å². The van der Waals surface area contributed by atoms with E-state index in [1.807, 2.05) is 30.3 Å². The molecule has 1 atom stereocenters. The first-order valence-corrected chi connectivity index (χ1v) is 5.78. The Kier molecular flexibility index (Phi) is 3.10. The second-order valence-electron chi connectivity index (χ2n) is 5.13. The highest BCUT2D eigenvalue weighted by molar-refractivity contribution is 5.86. The smallest absolute Gasteiger partial charge is 0.162 e. The molecule has 86 valence electrons. The molecule has 1 aromatic rings. The molecule has 0 unspecified atom stereocenters. The van der Waals surface area contributed by atoms with Crippen LogP contribution in [-0.2, 0) is 16.1 Å². The molecule has 0 aromatic heterocycles. The van der Waals surface area contributed by atoms with Crippen LogP contribution in [-0.4, -0.2) is 11.9 Å². The third-order valence-electron chi connectivity index (χ3n) is 3.28. The standard InChI is InChI=1S/C14H18O2/c1-14(2)9-8-12(15)13(14)16-10-11-6-4-3-5-7-11/h3-7,13H,8-10H2,1-2H3/t13-/m1/s1. The van der Waals surface area contributed by atoms with E-state index in [1.165, 1.54) is 0 Å². The molecule has 0 spiro atoms. The molecule has 1 fully saturated rings. The summed E-state index contributed by atoms with van der Waals surface area (Å²) < 4.78 is 5.77. The van der Waals surface area contributed by atoms with Crippen LogP contribution in [0.5, 0.6) is 0 Å². The number of carbonyl (C=O) groups excluding carboxylic acids is 1. The Morgan fingerprint density at radius 2 is 2.00 bits per heavy atom. The average Bonchev–Trinajstić information content (AvgIpc) is 2.52. The first-order valence-electron chi connectivity index (χ1n) is 5.78. The monoisotopic (exact) mass is 218 g/mol. The Morgan fingerprint density at radius 1 is 1.31 bits per heavy atom. The average molecular weight is 218 g/mol. The summed E-state index contributed by atoms with van der Waals surface area (Å²) in [7, 11) is 0. The number of hydrogen-bond donors (Lipinski definition) is 0.